The van der Waals surface area contributed by atoms with Gasteiger partial charge in [0.1, 0.15) is 0 Å². The Balaban J connectivity index is 1.88. The Bertz CT molecular complexity index is 728. The molecule has 0 saturated heterocycles. The van der Waals surface area contributed by atoms with Crippen molar-refractivity contribution >= 4 is 22.6 Å². The highest BCUT2D eigenvalue weighted by Crippen LogP contribution is 2.19. The van der Waals surface area contributed by atoms with Crippen molar-refractivity contribution in [2.45, 2.75) is 12.5 Å². The summed E-state index contributed by atoms with van der Waals surface area (Å²) in [6, 6.07) is 15.5. The molecule has 0 aliphatic rings. The fourth-order valence-corrected chi connectivity index (χ4v) is 2.32. The number of aromatic nitrogens is 2. The van der Waals surface area contributed by atoms with Crippen molar-refractivity contribution in [1.29, 1.82) is 0 Å². The molecule has 0 aliphatic carbocycles. The first-order chi connectivity index (χ1) is 9.72. The molecule has 1 unspecified atom stereocenters. The van der Waals surface area contributed by atoms with Gasteiger partial charge < -0.3 is 5.73 Å². The number of rotatable bonds is 3. The predicted molar refractivity (Wildman–Crippen MR) is 81.6 cm³/mol. The van der Waals surface area contributed by atoms with Crippen LogP contribution in [0.3, 0.4) is 0 Å². The normalized spacial score (nSPS) is 12.5. The summed E-state index contributed by atoms with van der Waals surface area (Å²) in [5.74, 6) is 0. The number of nitrogens with zero attached hydrogens (tertiary/aromatic N) is 2. The summed E-state index contributed by atoms with van der Waals surface area (Å²) in [5, 5.41) is 0.660. The molecular formula is C16H14ClN3. The third kappa shape index (κ3) is 2.79. The van der Waals surface area contributed by atoms with E-state index >= 15 is 0 Å². The third-order valence-electron chi connectivity index (χ3n) is 3.20. The summed E-state index contributed by atoms with van der Waals surface area (Å²) in [5.41, 5.74) is 9.81. The van der Waals surface area contributed by atoms with Gasteiger partial charge in [-0.05, 0) is 30.2 Å². The van der Waals surface area contributed by atoms with Crippen LogP contribution in [0.2, 0.25) is 5.02 Å². The van der Waals surface area contributed by atoms with Crippen LogP contribution in [0.15, 0.2) is 54.7 Å². The Morgan fingerprint density at radius 2 is 1.85 bits per heavy atom. The van der Waals surface area contributed by atoms with Crippen LogP contribution in [0.4, 0.5) is 0 Å². The van der Waals surface area contributed by atoms with E-state index in [1.54, 1.807) is 12.3 Å². The van der Waals surface area contributed by atoms with Crippen LogP contribution in [0.25, 0.3) is 11.0 Å². The second-order valence-corrected chi connectivity index (χ2v) is 5.16. The number of benzene rings is 2. The minimum Gasteiger partial charge on any atom is -0.322 e. The van der Waals surface area contributed by atoms with Crippen molar-refractivity contribution in [3.63, 3.8) is 0 Å². The molecule has 4 heteroatoms. The number of hydrogen-bond donors (Lipinski definition) is 1. The number of fused-ring (bicyclic) bond motifs is 1. The SMILES string of the molecule is NC(Cc1ccccc1)c1cnc2cc(Cl)ccc2n1. The summed E-state index contributed by atoms with van der Waals surface area (Å²) in [6.07, 6.45) is 2.47. The van der Waals surface area contributed by atoms with E-state index in [4.69, 9.17) is 17.3 Å². The molecule has 0 saturated carbocycles. The smallest absolute Gasteiger partial charge is 0.0901 e. The van der Waals surface area contributed by atoms with Gasteiger partial charge in [0.15, 0.2) is 0 Å². The molecule has 20 heavy (non-hydrogen) atoms. The lowest BCUT2D eigenvalue weighted by Crippen LogP contribution is -2.15. The van der Waals surface area contributed by atoms with Crippen LogP contribution in [-0.4, -0.2) is 9.97 Å². The molecule has 100 valence electrons. The van der Waals surface area contributed by atoms with Crippen molar-refractivity contribution in [3.05, 3.63) is 71.0 Å². The van der Waals surface area contributed by atoms with Crippen molar-refractivity contribution < 1.29 is 0 Å². The number of halogens is 1. The molecule has 3 rings (SSSR count). The van der Waals surface area contributed by atoms with E-state index in [9.17, 15) is 0 Å². The minimum absolute atomic E-state index is 0.162. The molecule has 2 aromatic carbocycles. The molecule has 3 aromatic rings. The maximum atomic E-state index is 6.22. The van der Waals surface area contributed by atoms with Gasteiger partial charge in [-0.2, -0.15) is 0 Å². The third-order valence-corrected chi connectivity index (χ3v) is 3.44. The zero-order valence-corrected chi connectivity index (χ0v) is 11.6. The first-order valence-electron chi connectivity index (χ1n) is 6.44. The van der Waals surface area contributed by atoms with Crippen LogP contribution in [-0.2, 0) is 6.42 Å². The summed E-state index contributed by atoms with van der Waals surface area (Å²) in [7, 11) is 0. The highest BCUT2D eigenvalue weighted by molar-refractivity contribution is 6.31. The lowest BCUT2D eigenvalue weighted by molar-refractivity contribution is 0.696. The van der Waals surface area contributed by atoms with E-state index in [1.165, 1.54) is 5.56 Å². The quantitative estimate of drug-likeness (QED) is 0.800. The van der Waals surface area contributed by atoms with Gasteiger partial charge in [0, 0.05) is 5.02 Å². The van der Waals surface area contributed by atoms with Gasteiger partial charge in [0.25, 0.3) is 0 Å². The fraction of sp³-hybridized carbons (Fsp3) is 0.125. The van der Waals surface area contributed by atoms with E-state index in [0.29, 0.717) is 5.02 Å². The van der Waals surface area contributed by atoms with Crippen molar-refractivity contribution in [2.75, 3.05) is 0 Å². The van der Waals surface area contributed by atoms with Crippen molar-refractivity contribution in [1.82, 2.24) is 9.97 Å². The highest BCUT2D eigenvalue weighted by atomic mass is 35.5. The van der Waals surface area contributed by atoms with E-state index in [-0.39, 0.29) is 6.04 Å². The van der Waals surface area contributed by atoms with Gasteiger partial charge in [-0.25, -0.2) is 4.98 Å². The standard InChI is InChI=1S/C16H14ClN3/c17-12-6-7-14-15(9-12)19-10-16(20-14)13(18)8-11-4-2-1-3-5-11/h1-7,9-10,13H,8,18H2. The van der Waals surface area contributed by atoms with Crippen molar-refractivity contribution in [3.8, 4) is 0 Å². The minimum atomic E-state index is -0.162. The second kappa shape index (κ2) is 5.57. The van der Waals surface area contributed by atoms with Gasteiger partial charge in [0.05, 0.1) is 29.0 Å². The maximum absolute atomic E-state index is 6.22. The summed E-state index contributed by atoms with van der Waals surface area (Å²) < 4.78 is 0. The second-order valence-electron chi connectivity index (χ2n) is 4.72. The zero-order valence-electron chi connectivity index (χ0n) is 10.8. The molecule has 2 N–H and O–H groups in total. The first kappa shape index (κ1) is 13.0. The van der Waals surface area contributed by atoms with Crippen LogP contribution >= 0.6 is 11.6 Å². The molecule has 0 fully saturated rings. The van der Waals surface area contributed by atoms with Gasteiger partial charge in [0.2, 0.25) is 0 Å². The van der Waals surface area contributed by atoms with E-state index < -0.39 is 0 Å². The summed E-state index contributed by atoms with van der Waals surface area (Å²) in [6.45, 7) is 0. The molecule has 1 heterocycles. The molecule has 0 aliphatic heterocycles. The highest BCUT2D eigenvalue weighted by Gasteiger charge is 2.10. The molecule has 0 amide bonds. The van der Waals surface area contributed by atoms with Gasteiger partial charge in [-0.3, -0.25) is 4.98 Å². The Labute approximate surface area is 122 Å². The lowest BCUT2D eigenvalue weighted by Gasteiger charge is -2.11. The Morgan fingerprint density at radius 1 is 1.05 bits per heavy atom. The molecule has 3 nitrogen and oxygen atoms in total. The average molecular weight is 284 g/mol. The monoisotopic (exact) mass is 283 g/mol. The Kier molecular flexibility index (Phi) is 3.63. The predicted octanol–water partition coefficient (Wildman–Crippen LogP) is 3.53. The maximum Gasteiger partial charge on any atom is 0.0901 e. The molecule has 0 bridgehead atoms. The molecule has 1 atom stereocenters. The van der Waals surface area contributed by atoms with Gasteiger partial charge in [-0.15, -0.1) is 0 Å². The topological polar surface area (TPSA) is 51.8 Å². The van der Waals surface area contributed by atoms with Crippen LogP contribution in [0.1, 0.15) is 17.3 Å². The first-order valence-corrected chi connectivity index (χ1v) is 6.82. The van der Waals surface area contributed by atoms with Gasteiger partial charge in [-0.1, -0.05) is 41.9 Å². The molecule has 1 aromatic heterocycles. The fourth-order valence-electron chi connectivity index (χ4n) is 2.15. The van der Waals surface area contributed by atoms with E-state index in [2.05, 4.69) is 22.1 Å². The van der Waals surface area contributed by atoms with Crippen LogP contribution < -0.4 is 5.73 Å². The molecule has 0 spiro atoms. The zero-order chi connectivity index (χ0) is 13.9. The Morgan fingerprint density at radius 3 is 2.65 bits per heavy atom. The van der Waals surface area contributed by atoms with Crippen LogP contribution in [0.5, 0.6) is 0 Å². The Hall–Kier alpha value is -1.97. The number of nitrogens with two attached hydrogens (primary N) is 1. The molecule has 0 radical (unpaired) electrons. The van der Waals surface area contributed by atoms with E-state index in [0.717, 1.165) is 23.1 Å². The molecular weight excluding hydrogens is 270 g/mol. The summed E-state index contributed by atoms with van der Waals surface area (Å²) in [4.78, 5) is 8.94. The van der Waals surface area contributed by atoms with Crippen LogP contribution in [0, 0.1) is 0 Å². The lowest BCUT2D eigenvalue weighted by atomic mass is 10.0. The number of hydrogen-bond acceptors (Lipinski definition) is 3. The summed E-state index contributed by atoms with van der Waals surface area (Å²) >= 11 is 5.94. The largest absolute Gasteiger partial charge is 0.322 e. The van der Waals surface area contributed by atoms with Crippen molar-refractivity contribution in [2.24, 2.45) is 5.73 Å². The van der Waals surface area contributed by atoms with Gasteiger partial charge >= 0.3 is 0 Å². The average Bonchev–Trinajstić information content (AvgIpc) is 2.47. The van der Waals surface area contributed by atoms with E-state index in [1.807, 2.05) is 30.3 Å².